The summed E-state index contributed by atoms with van der Waals surface area (Å²) in [6, 6.07) is 1.91. The minimum Gasteiger partial charge on any atom is -0.341 e. The molecule has 24 heavy (non-hydrogen) atoms. The molecule has 0 spiro atoms. The van der Waals surface area contributed by atoms with E-state index >= 15 is 0 Å². The number of carbonyl (C=O) groups is 2. The highest BCUT2D eigenvalue weighted by molar-refractivity contribution is 5.94. The Morgan fingerprint density at radius 1 is 1.33 bits per heavy atom. The predicted molar refractivity (Wildman–Crippen MR) is 88.2 cm³/mol. The zero-order valence-corrected chi connectivity index (χ0v) is 14.0. The number of nitrogens with zero attached hydrogens (tertiary/aromatic N) is 5. The average Bonchev–Trinajstić information content (AvgIpc) is 3.12. The van der Waals surface area contributed by atoms with Crippen LogP contribution in [-0.4, -0.2) is 49.4 Å². The number of aryl methyl sites for hydroxylation is 3. The van der Waals surface area contributed by atoms with E-state index in [0.717, 1.165) is 12.2 Å². The van der Waals surface area contributed by atoms with Gasteiger partial charge in [-0.3, -0.25) is 19.0 Å². The summed E-state index contributed by atoms with van der Waals surface area (Å²) in [5.41, 5.74) is 1.73. The molecule has 0 saturated carbocycles. The lowest BCUT2D eigenvalue weighted by molar-refractivity contribution is -0.141. The largest absolute Gasteiger partial charge is 0.341 e. The molecule has 1 N–H and O–H groups in total. The first kappa shape index (κ1) is 16.2. The van der Waals surface area contributed by atoms with Gasteiger partial charge < -0.3 is 10.2 Å². The maximum absolute atomic E-state index is 12.1. The van der Waals surface area contributed by atoms with Crippen LogP contribution in [-0.2, 0) is 22.7 Å². The minimum atomic E-state index is -0.148. The highest BCUT2D eigenvalue weighted by Gasteiger charge is 2.35. The molecule has 2 aromatic rings. The first-order valence-electron chi connectivity index (χ1n) is 8.16. The number of likely N-dealkylation sites (tertiary alicyclic amines) is 1. The number of hydrogen-bond donors (Lipinski definition) is 1. The van der Waals surface area contributed by atoms with E-state index in [2.05, 4.69) is 15.5 Å². The molecule has 1 fully saturated rings. The monoisotopic (exact) mass is 330 g/mol. The van der Waals surface area contributed by atoms with Gasteiger partial charge in [-0.15, -0.1) is 0 Å². The van der Waals surface area contributed by atoms with Gasteiger partial charge in [0.1, 0.15) is 0 Å². The molecule has 1 aliphatic rings. The summed E-state index contributed by atoms with van der Waals surface area (Å²) in [4.78, 5) is 26.0. The standard InChI is InChI=1S/C16H22N6O2/c1-3-21-11-14(8-18-21)19-16(24)13-9-20(10-13)15(23)5-7-22-12(2)4-6-17-22/h4,6,8,11,13H,3,5,7,9-10H2,1-2H3,(H,19,24). The second kappa shape index (κ2) is 6.86. The number of nitrogens with one attached hydrogen (secondary N) is 1. The van der Waals surface area contributed by atoms with Crippen molar-refractivity contribution in [3.05, 3.63) is 30.4 Å². The van der Waals surface area contributed by atoms with Gasteiger partial charge in [-0.05, 0) is 19.9 Å². The highest BCUT2D eigenvalue weighted by atomic mass is 16.2. The molecule has 0 aliphatic carbocycles. The molecule has 1 saturated heterocycles. The van der Waals surface area contributed by atoms with E-state index in [1.54, 1.807) is 28.2 Å². The minimum absolute atomic E-state index is 0.0578. The number of hydrogen-bond acceptors (Lipinski definition) is 4. The van der Waals surface area contributed by atoms with Crippen molar-refractivity contribution >= 4 is 17.5 Å². The van der Waals surface area contributed by atoms with Crippen LogP contribution in [0.4, 0.5) is 5.69 Å². The molecule has 128 valence electrons. The smallest absolute Gasteiger partial charge is 0.231 e. The fourth-order valence-electron chi connectivity index (χ4n) is 2.69. The molecule has 8 heteroatoms. The molecule has 0 aromatic carbocycles. The third kappa shape index (κ3) is 3.47. The maximum Gasteiger partial charge on any atom is 0.231 e. The van der Waals surface area contributed by atoms with Crippen molar-refractivity contribution < 1.29 is 9.59 Å². The van der Waals surface area contributed by atoms with Crippen molar-refractivity contribution in [2.45, 2.75) is 33.4 Å². The van der Waals surface area contributed by atoms with Gasteiger partial charge in [0, 0.05) is 50.7 Å². The zero-order chi connectivity index (χ0) is 17.1. The Morgan fingerprint density at radius 3 is 2.75 bits per heavy atom. The normalized spacial score (nSPS) is 14.5. The van der Waals surface area contributed by atoms with Crippen LogP contribution in [0.5, 0.6) is 0 Å². The Bertz CT molecular complexity index is 729. The average molecular weight is 330 g/mol. The van der Waals surface area contributed by atoms with E-state index in [1.807, 2.05) is 24.6 Å². The fraction of sp³-hybridized carbons (Fsp3) is 0.500. The summed E-state index contributed by atoms with van der Waals surface area (Å²) in [7, 11) is 0. The molecule has 0 radical (unpaired) electrons. The Kier molecular flexibility index (Phi) is 4.64. The number of carbonyl (C=O) groups excluding carboxylic acids is 2. The first-order valence-corrected chi connectivity index (χ1v) is 8.16. The van der Waals surface area contributed by atoms with Crippen LogP contribution in [0.3, 0.4) is 0 Å². The summed E-state index contributed by atoms with van der Waals surface area (Å²) in [5.74, 6) is -0.143. The molecule has 3 rings (SSSR count). The van der Waals surface area contributed by atoms with Gasteiger partial charge in [0.05, 0.1) is 17.8 Å². The van der Waals surface area contributed by atoms with Crippen LogP contribution in [0.15, 0.2) is 24.7 Å². The zero-order valence-electron chi connectivity index (χ0n) is 14.0. The second-order valence-electron chi connectivity index (χ2n) is 6.02. The molecule has 8 nitrogen and oxygen atoms in total. The fourth-order valence-corrected chi connectivity index (χ4v) is 2.69. The van der Waals surface area contributed by atoms with E-state index in [1.165, 1.54) is 0 Å². The lowest BCUT2D eigenvalue weighted by atomic mass is 9.98. The van der Waals surface area contributed by atoms with Crippen molar-refractivity contribution in [1.29, 1.82) is 0 Å². The number of amides is 2. The molecular formula is C16H22N6O2. The summed E-state index contributed by atoms with van der Waals surface area (Å²) >= 11 is 0. The summed E-state index contributed by atoms with van der Waals surface area (Å²) in [5, 5.41) is 11.1. The van der Waals surface area contributed by atoms with E-state index < -0.39 is 0 Å². The van der Waals surface area contributed by atoms with Gasteiger partial charge in [-0.25, -0.2) is 0 Å². The SMILES string of the molecule is CCn1cc(NC(=O)C2CN(C(=O)CCn3nccc3C)C2)cn1. The van der Waals surface area contributed by atoms with Crippen molar-refractivity contribution in [3.63, 3.8) is 0 Å². The Balaban J connectivity index is 1.42. The maximum atomic E-state index is 12.1. The van der Waals surface area contributed by atoms with E-state index in [-0.39, 0.29) is 17.7 Å². The van der Waals surface area contributed by atoms with Crippen molar-refractivity contribution in [2.24, 2.45) is 5.92 Å². The highest BCUT2D eigenvalue weighted by Crippen LogP contribution is 2.19. The molecule has 0 atom stereocenters. The summed E-state index contributed by atoms with van der Waals surface area (Å²) in [6.45, 7) is 6.23. The van der Waals surface area contributed by atoms with Crippen LogP contribution < -0.4 is 5.32 Å². The van der Waals surface area contributed by atoms with Crippen LogP contribution in [0.25, 0.3) is 0 Å². The van der Waals surface area contributed by atoms with Crippen molar-refractivity contribution in [1.82, 2.24) is 24.5 Å². The Hall–Kier alpha value is -2.64. The Morgan fingerprint density at radius 2 is 2.12 bits per heavy atom. The predicted octanol–water partition coefficient (Wildman–Crippen LogP) is 0.895. The van der Waals surface area contributed by atoms with Gasteiger partial charge in [-0.1, -0.05) is 0 Å². The molecule has 0 unspecified atom stereocenters. The lowest BCUT2D eigenvalue weighted by Crippen LogP contribution is -2.54. The van der Waals surface area contributed by atoms with Crippen LogP contribution in [0.2, 0.25) is 0 Å². The number of anilines is 1. The van der Waals surface area contributed by atoms with E-state index in [0.29, 0.717) is 31.7 Å². The molecule has 1 aliphatic heterocycles. The third-order valence-corrected chi connectivity index (χ3v) is 4.30. The molecular weight excluding hydrogens is 308 g/mol. The van der Waals surface area contributed by atoms with Gasteiger partial charge >= 0.3 is 0 Å². The van der Waals surface area contributed by atoms with Crippen molar-refractivity contribution in [2.75, 3.05) is 18.4 Å². The Labute approximate surface area is 140 Å². The van der Waals surface area contributed by atoms with Gasteiger partial charge in [0.25, 0.3) is 0 Å². The van der Waals surface area contributed by atoms with Crippen molar-refractivity contribution in [3.8, 4) is 0 Å². The molecule has 3 heterocycles. The first-order chi connectivity index (χ1) is 11.6. The number of aromatic nitrogens is 4. The lowest BCUT2D eigenvalue weighted by Gasteiger charge is -2.38. The quantitative estimate of drug-likeness (QED) is 0.852. The van der Waals surface area contributed by atoms with E-state index in [9.17, 15) is 9.59 Å². The van der Waals surface area contributed by atoms with Gasteiger partial charge in [0.15, 0.2) is 0 Å². The topological polar surface area (TPSA) is 85.0 Å². The third-order valence-electron chi connectivity index (χ3n) is 4.30. The van der Waals surface area contributed by atoms with Gasteiger partial charge in [-0.2, -0.15) is 10.2 Å². The van der Waals surface area contributed by atoms with Crippen LogP contribution >= 0.6 is 0 Å². The molecule has 2 aromatic heterocycles. The summed E-state index contributed by atoms with van der Waals surface area (Å²) < 4.78 is 3.57. The van der Waals surface area contributed by atoms with Gasteiger partial charge in [0.2, 0.25) is 11.8 Å². The van der Waals surface area contributed by atoms with Crippen LogP contribution in [0.1, 0.15) is 19.0 Å². The van der Waals surface area contributed by atoms with E-state index in [4.69, 9.17) is 0 Å². The molecule has 0 bridgehead atoms. The molecule has 2 amide bonds. The number of rotatable bonds is 6. The van der Waals surface area contributed by atoms with Crippen LogP contribution in [0, 0.1) is 12.8 Å². The summed E-state index contributed by atoms with van der Waals surface area (Å²) in [6.07, 6.45) is 5.56. The second-order valence-corrected chi connectivity index (χ2v) is 6.02.